The fourth-order valence-corrected chi connectivity index (χ4v) is 1.99. The Bertz CT molecular complexity index is 459. The number of hydrogen-bond acceptors (Lipinski definition) is 5. The third-order valence-corrected chi connectivity index (χ3v) is 2.85. The van der Waals surface area contributed by atoms with Gasteiger partial charge in [-0.15, -0.1) is 0 Å². The largest absolute Gasteiger partial charge is 0.349 e. The van der Waals surface area contributed by atoms with Gasteiger partial charge in [0, 0.05) is 34.4 Å². The van der Waals surface area contributed by atoms with Gasteiger partial charge in [0.15, 0.2) is 0 Å². The first-order valence-electron chi connectivity index (χ1n) is 5.94. The van der Waals surface area contributed by atoms with Crippen LogP contribution in [0.5, 0.6) is 0 Å². The van der Waals surface area contributed by atoms with Crippen LogP contribution in [-0.4, -0.2) is 61.1 Å². The number of aromatic nitrogens is 1. The first kappa shape index (κ1) is 12.5. The second-order valence-corrected chi connectivity index (χ2v) is 4.56. The van der Waals surface area contributed by atoms with Crippen LogP contribution in [0.4, 0.5) is 5.82 Å². The quantitative estimate of drug-likeness (QED) is 0.807. The summed E-state index contributed by atoms with van der Waals surface area (Å²) in [5, 5.41) is 0. The van der Waals surface area contributed by atoms with Crippen molar-refractivity contribution in [2.24, 2.45) is 9.98 Å². The van der Waals surface area contributed by atoms with Crippen LogP contribution >= 0.6 is 0 Å². The molecule has 1 aromatic rings. The average Bonchev–Trinajstić information content (AvgIpc) is 2.84. The summed E-state index contributed by atoms with van der Waals surface area (Å²) in [6, 6.07) is 3.99. The summed E-state index contributed by atoms with van der Waals surface area (Å²) in [7, 11) is 7.94. The molecule has 0 spiro atoms. The van der Waals surface area contributed by atoms with E-state index in [-0.39, 0.29) is 6.17 Å². The van der Waals surface area contributed by atoms with Gasteiger partial charge in [-0.05, 0) is 19.1 Å². The van der Waals surface area contributed by atoms with E-state index in [1.165, 1.54) is 0 Å². The minimum atomic E-state index is -0.0639. The Morgan fingerprint density at radius 1 is 1.22 bits per heavy atom. The molecule has 1 unspecified atom stereocenters. The van der Waals surface area contributed by atoms with E-state index >= 15 is 0 Å². The summed E-state index contributed by atoms with van der Waals surface area (Å²) >= 11 is 0. The fourth-order valence-electron chi connectivity index (χ4n) is 1.99. The number of nitrogens with one attached hydrogen (secondary N) is 1. The van der Waals surface area contributed by atoms with E-state index in [2.05, 4.69) is 15.0 Å². The molecular weight excluding hydrogens is 228 g/mol. The van der Waals surface area contributed by atoms with Gasteiger partial charge in [0.2, 0.25) is 11.9 Å². The molecule has 6 heteroatoms. The Morgan fingerprint density at radius 3 is 2.44 bits per heavy atom. The van der Waals surface area contributed by atoms with Crippen molar-refractivity contribution in [2.75, 3.05) is 33.1 Å². The molecule has 0 saturated carbocycles. The second kappa shape index (κ2) is 4.72. The first-order valence-corrected chi connectivity index (χ1v) is 5.94. The van der Waals surface area contributed by atoms with Crippen LogP contribution in [-0.2, 0) is 0 Å². The zero-order valence-corrected chi connectivity index (χ0v) is 11.5. The Kier molecular flexibility index (Phi) is 3.27. The van der Waals surface area contributed by atoms with Crippen LogP contribution in [0.25, 0.3) is 0 Å². The Labute approximate surface area is 108 Å². The van der Waals surface area contributed by atoms with Gasteiger partial charge in [-0.1, -0.05) is 0 Å². The van der Waals surface area contributed by atoms with Crippen molar-refractivity contribution < 1.29 is 0 Å². The van der Waals surface area contributed by atoms with Crippen LogP contribution in [0.3, 0.4) is 0 Å². The van der Waals surface area contributed by atoms with Crippen LogP contribution in [0.1, 0.15) is 6.92 Å². The van der Waals surface area contributed by atoms with Gasteiger partial charge in [-0.25, -0.2) is 9.98 Å². The second-order valence-electron chi connectivity index (χ2n) is 4.56. The molecule has 0 aromatic carbocycles. The molecule has 98 valence electrons. The number of aromatic amines is 1. The summed E-state index contributed by atoms with van der Waals surface area (Å²) < 4.78 is 0. The maximum Gasteiger partial charge on any atom is 0.210 e. The van der Waals surface area contributed by atoms with Crippen molar-refractivity contribution in [3.63, 3.8) is 0 Å². The predicted molar refractivity (Wildman–Crippen MR) is 75.0 cm³/mol. The molecule has 0 saturated heterocycles. The number of rotatable bonds is 1. The van der Waals surface area contributed by atoms with Gasteiger partial charge in [-0.3, -0.25) is 4.90 Å². The van der Waals surface area contributed by atoms with Crippen LogP contribution in [0, 0.1) is 0 Å². The van der Waals surface area contributed by atoms with Gasteiger partial charge in [-0.2, -0.15) is 0 Å². The third-order valence-electron chi connectivity index (χ3n) is 2.85. The predicted octanol–water partition coefficient (Wildman–Crippen LogP) is 1.02. The topological polar surface area (TPSA) is 50.2 Å². The molecule has 0 aliphatic carbocycles. The van der Waals surface area contributed by atoms with Crippen molar-refractivity contribution in [3.8, 4) is 0 Å². The zero-order chi connectivity index (χ0) is 13.3. The van der Waals surface area contributed by atoms with Gasteiger partial charge in [0.25, 0.3) is 0 Å². The number of hydrogen-bond donors (Lipinski definition) is 1. The number of guanidine groups is 2. The van der Waals surface area contributed by atoms with Gasteiger partial charge in [0.05, 0.1) is 0 Å². The van der Waals surface area contributed by atoms with E-state index in [0.29, 0.717) is 0 Å². The maximum atomic E-state index is 4.59. The Balaban J connectivity index is 2.28. The first-order chi connectivity index (χ1) is 8.50. The van der Waals surface area contributed by atoms with Crippen LogP contribution in [0.15, 0.2) is 28.3 Å². The molecule has 2 heterocycles. The van der Waals surface area contributed by atoms with E-state index < -0.39 is 0 Å². The van der Waals surface area contributed by atoms with Crippen LogP contribution in [0.2, 0.25) is 0 Å². The molecule has 0 amide bonds. The number of H-pyrrole nitrogens is 1. The Hall–Kier alpha value is -1.98. The molecule has 1 aliphatic rings. The highest BCUT2D eigenvalue weighted by Gasteiger charge is 2.25. The van der Waals surface area contributed by atoms with Gasteiger partial charge < -0.3 is 14.8 Å². The Morgan fingerprint density at radius 2 is 1.89 bits per heavy atom. The highest BCUT2D eigenvalue weighted by atomic mass is 15.5. The molecule has 0 bridgehead atoms. The maximum absolute atomic E-state index is 4.59. The summed E-state index contributed by atoms with van der Waals surface area (Å²) in [6.45, 7) is 1.99. The van der Waals surface area contributed by atoms with E-state index in [9.17, 15) is 0 Å². The minimum absolute atomic E-state index is 0.0639. The number of aliphatic imine (C=N–C) groups is 2. The van der Waals surface area contributed by atoms with Crippen molar-refractivity contribution in [1.29, 1.82) is 0 Å². The highest BCUT2D eigenvalue weighted by molar-refractivity contribution is 6.06. The standard InChI is InChI=1S/C12H20N6/c1-9-14-11(16(2)3)18(5)12(15-9)17(4)10-7-6-8-13-10/h6-9,13H,1-5H3. The van der Waals surface area contributed by atoms with E-state index in [4.69, 9.17) is 0 Å². The zero-order valence-electron chi connectivity index (χ0n) is 11.5. The lowest BCUT2D eigenvalue weighted by molar-refractivity contribution is 0.499. The molecule has 18 heavy (non-hydrogen) atoms. The molecule has 1 aromatic heterocycles. The minimum Gasteiger partial charge on any atom is -0.349 e. The number of anilines is 1. The van der Waals surface area contributed by atoms with Gasteiger partial charge >= 0.3 is 0 Å². The van der Waals surface area contributed by atoms with E-state index in [1.54, 1.807) is 0 Å². The highest BCUT2D eigenvalue weighted by Crippen LogP contribution is 2.15. The molecule has 6 nitrogen and oxygen atoms in total. The average molecular weight is 248 g/mol. The lowest BCUT2D eigenvalue weighted by atomic mass is 10.4. The molecule has 0 fully saturated rings. The van der Waals surface area contributed by atoms with Crippen molar-refractivity contribution >= 4 is 17.7 Å². The molecule has 0 radical (unpaired) electrons. The molecular formula is C12H20N6. The molecule has 1 aliphatic heterocycles. The normalized spacial score (nSPS) is 19.4. The smallest absolute Gasteiger partial charge is 0.210 e. The summed E-state index contributed by atoms with van der Waals surface area (Å²) in [4.78, 5) is 18.3. The number of nitrogens with zero attached hydrogens (tertiary/aromatic N) is 5. The molecule has 1 N–H and O–H groups in total. The summed E-state index contributed by atoms with van der Waals surface area (Å²) in [5.41, 5.74) is 0. The molecule has 2 rings (SSSR count). The van der Waals surface area contributed by atoms with E-state index in [0.717, 1.165) is 17.7 Å². The lowest BCUT2D eigenvalue weighted by Gasteiger charge is -2.35. The lowest BCUT2D eigenvalue weighted by Crippen LogP contribution is -2.51. The van der Waals surface area contributed by atoms with Crippen LogP contribution < -0.4 is 4.90 Å². The van der Waals surface area contributed by atoms with Crippen molar-refractivity contribution in [2.45, 2.75) is 13.1 Å². The molecule has 1 atom stereocenters. The van der Waals surface area contributed by atoms with Gasteiger partial charge in [0.1, 0.15) is 12.0 Å². The monoisotopic (exact) mass is 248 g/mol. The van der Waals surface area contributed by atoms with Crippen molar-refractivity contribution in [3.05, 3.63) is 18.3 Å². The SMILES string of the molecule is CC1N=C(N(C)C)N(C)C(N(C)c2ccc[nH]2)=N1. The summed E-state index contributed by atoms with van der Waals surface area (Å²) in [6.07, 6.45) is 1.84. The fraction of sp³-hybridized carbons (Fsp3) is 0.500. The van der Waals surface area contributed by atoms with Crippen molar-refractivity contribution in [1.82, 2.24) is 14.8 Å². The van der Waals surface area contributed by atoms with E-state index in [1.807, 2.05) is 68.1 Å². The summed E-state index contributed by atoms with van der Waals surface area (Å²) in [5.74, 6) is 2.79. The third kappa shape index (κ3) is 2.18.